The largest absolute Gasteiger partial charge is 0.468 e. The number of carbonyl (C=O) groups is 1. The van der Waals surface area contributed by atoms with Crippen LogP contribution in [0, 0.1) is 0 Å². The molecule has 0 spiro atoms. The average molecular weight is 420 g/mol. The predicted octanol–water partition coefficient (Wildman–Crippen LogP) is 5.42. The van der Waals surface area contributed by atoms with Gasteiger partial charge < -0.3 is 9.26 Å². The van der Waals surface area contributed by atoms with Crippen LogP contribution in [-0.4, -0.2) is 19.1 Å². The average Bonchev–Trinajstić information content (AvgIpc) is 2.53. The lowest BCUT2D eigenvalue weighted by Gasteiger charge is -2.22. The maximum Gasteiger partial charge on any atom is 0.379 e. The molecule has 2 aromatic carbocycles. The van der Waals surface area contributed by atoms with Crippen LogP contribution in [0.15, 0.2) is 53.4 Å². The Morgan fingerprint density at radius 3 is 2.32 bits per heavy atom. The Bertz CT molecular complexity index is 771. The molecule has 2 aromatic rings. The molecule has 0 amide bonds. The second-order valence-corrected chi connectivity index (χ2v) is 9.92. The number of halogens is 2. The van der Waals surface area contributed by atoms with E-state index in [1.165, 1.54) is 7.11 Å². The van der Waals surface area contributed by atoms with Crippen molar-refractivity contribution in [3.05, 3.63) is 58.6 Å². The number of hydrogen-bond donors (Lipinski definition) is 1. The standard InChI is InChI=1S/C16H16Cl2NO4PS/c1-11(16(20)22-2)19-24(21,23-14-6-4-3-5-7-14)25-15-9-12(17)8-13(18)10-15/h3-11H,1-2H3,(H,19,21)/t11-,24-/m0/s1. The summed E-state index contributed by atoms with van der Waals surface area (Å²) in [5.74, 6) is -0.155. The van der Waals surface area contributed by atoms with E-state index < -0.39 is 18.7 Å². The number of para-hydroxylation sites is 1. The molecule has 2 atom stereocenters. The van der Waals surface area contributed by atoms with Crippen LogP contribution < -0.4 is 9.61 Å². The Morgan fingerprint density at radius 1 is 1.16 bits per heavy atom. The molecule has 0 aromatic heterocycles. The summed E-state index contributed by atoms with van der Waals surface area (Å²) in [6.45, 7) is -2.04. The molecule has 1 N–H and O–H groups in total. The van der Waals surface area contributed by atoms with Gasteiger partial charge in [0, 0.05) is 14.9 Å². The van der Waals surface area contributed by atoms with Gasteiger partial charge in [-0.15, -0.1) is 0 Å². The summed E-state index contributed by atoms with van der Waals surface area (Å²) in [6, 6.07) is 12.6. The summed E-state index contributed by atoms with van der Waals surface area (Å²) in [4.78, 5) is 12.2. The highest BCUT2D eigenvalue weighted by molar-refractivity contribution is 8.56. The zero-order valence-corrected chi connectivity index (χ0v) is 16.7. The topological polar surface area (TPSA) is 64.6 Å². The van der Waals surface area contributed by atoms with Gasteiger partial charge in [0.25, 0.3) is 0 Å². The maximum absolute atomic E-state index is 13.3. The van der Waals surface area contributed by atoms with Crippen LogP contribution in [0.4, 0.5) is 0 Å². The van der Waals surface area contributed by atoms with Crippen LogP contribution in [0.25, 0.3) is 0 Å². The molecule has 134 valence electrons. The molecular weight excluding hydrogens is 404 g/mol. The van der Waals surface area contributed by atoms with Crippen molar-refractivity contribution in [3.63, 3.8) is 0 Å². The second kappa shape index (κ2) is 8.97. The lowest BCUT2D eigenvalue weighted by molar-refractivity contribution is -0.142. The van der Waals surface area contributed by atoms with Gasteiger partial charge in [-0.05, 0) is 48.6 Å². The third-order valence-corrected chi connectivity index (χ3v) is 7.11. The summed E-state index contributed by atoms with van der Waals surface area (Å²) in [6.07, 6.45) is 0. The fraction of sp³-hybridized carbons (Fsp3) is 0.188. The smallest absolute Gasteiger partial charge is 0.379 e. The minimum absolute atomic E-state index is 0.399. The number of rotatable bonds is 7. The Labute approximate surface area is 160 Å². The van der Waals surface area contributed by atoms with E-state index in [0.717, 1.165) is 11.4 Å². The van der Waals surface area contributed by atoms with Crippen molar-refractivity contribution in [2.24, 2.45) is 0 Å². The van der Waals surface area contributed by atoms with Gasteiger partial charge in [-0.2, -0.15) is 0 Å². The van der Waals surface area contributed by atoms with E-state index in [4.69, 9.17) is 27.7 Å². The number of hydrogen-bond acceptors (Lipinski definition) is 5. The number of nitrogens with one attached hydrogen (secondary N) is 1. The quantitative estimate of drug-likeness (QED) is 0.477. The summed E-state index contributed by atoms with van der Waals surface area (Å²) < 4.78 is 23.7. The molecule has 0 saturated carbocycles. The third kappa shape index (κ3) is 6.24. The van der Waals surface area contributed by atoms with E-state index in [9.17, 15) is 9.36 Å². The van der Waals surface area contributed by atoms with E-state index in [2.05, 4.69) is 9.82 Å². The first-order valence-corrected chi connectivity index (χ1v) is 11.0. The van der Waals surface area contributed by atoms with Gasteiger partial charge >= 0.3 is 12.7 Å². The van der Waals surface area contributed by atoms with Crippen molar-refractivity contribution in [2.45, 2.75) is 17.9 Å². The molecule has 0 radical (unpaired) electrons. The van der Waals surface area contributed by atoms with Gasteiger partial charge in [0.15, 0.2) is 0 Å². The molecule has 0 aliphatic rings. The normalized spacial score (nSPS) is 14.4. The molecule has 9 heteroatoms. The third-order valence-electron chi connectivity index (χ3n) is 2.94. The highest BCUT2D eigenvalue weighted by Gasteiger charge is 2.32. The molecule has 2 rings (SSSR count). The molecule has 0 heterocycles. The summed E-state index contributed by atoms with van der Waals surface area (Å²) >= 11 is 12.9. The molecule has 0 fully saturated rings. The van der Waals surface area contributed by atoms with E-state index in [1.54, 1.807) is 49.4 Å². The van der Waals surface area contributed by atoms with Gasteiger partial charge in [-0.3, -0.25) is 4.79 Å². The van der Waals surface area contributed by atoms with Crippen molar-refractivity contribution >= 4 is 47.3 Å². The highest BCUT2D eigenvalue weighted by Crippen LogP contribution is 2.59. The van der Waals surface area contributed by atoms with Crippen molar-refractivity contribution < 1.29 is 18.6 Å². The Balaban J connectivity index is 2.30. The van der Waals surface area contributed by atoms with Crippen LogP contribution in [-0.2, 0) is 14.1 Å². The first-order valence-electron chi connectivity index (χ1n) is 7.17. The zero-order valence-electron chi connectivity index (χ0n) is 13.4. The molecule has 0 aliphatic carbocycles. The molecule has 5 nitrogen and oxygen atoms in total. The first kappa shape index (κ1) is 20.1. The molecule has 0 aliphatic heterocycles. The van der Waals surface area contributed by atoms with Crippen LogP contribution >= 0.6 is 41.3 Å². The van der Waals surface area contributed by atoms with E-state index >= 15 is 0 Å². The monoisotopic (exact) mass is 419 g/mol. The van der Waals surface area contributed by atoms with Crippen molar-refractivity contribution in [1.82, 2.24) is 5.09 Å². The summed E-state index contributed by atoms with van der Waals surface area (Å²) in [5, 5.41) is 3.53. The summed E-state index contributed by atoms with van der Waals surface area (Å²) in [5.41, 5.74) is 0. The molecule has 0 unspecified atom stereocenters. The van der Waals surface area contributed by atoms with Gasteiger partial charge in [0.1, 0.15) is 11.8 Å². The fourth-order valence-electron chi connectivity index (χ4n) is 1.88. The predicted molar refractivity (Wildman–Crippen MR) is 102 cm³/mol. The number of ether oxygens (including phenoxy) is 1. The lowest BCUT2D eigenvalue weighted by atomic mass is 10.3. The van der Waals surface area contributed by atoms with Crippen molar-refractivity contribution in [1.29, 1.82) is 0 Å². The Hall–Kier alpha value is -1.17. The van der Waals surface area contributed by atoms with Gasteiger partial charge in [-0.1, -0.05) is 41.4 Å². The number of methoxy groups -OCH3 is 1. The molecule has 0 saturated heterocycles. The van der Waals surface area contributed by atoms with E-state index in [0.29, 0.717) is 20.7 Å². The Kier molecular flexibility index (Phi) is 7.23. The SMILES string of the molecule is COC(=O)[C@H](C)N[P@](=O)(Oc1ccccc1)Sc1cc(Cl)cc(Cl)c1. The number of benzene rings is 2. The zero-order chi connectivity index (χ0) is 18.4. The van der Waals surface area contributed by atoms with E-state index in [1.807, 2.05) is 6.07 Å². The van der Waals surface area contributed by atoms with Crippen molar-refractivity contribution in [2.75, 3.05) is 7.11 Å². The minimum atomic E-state index is -3.58. The molecule has 25 heavy (non-hydrogen) atoms. The van der Waals surface area contributed by atoms with Gasteiger partial charge in [0.2, 0.25) is 0 Å². The molecule has 0 bridgehead atoms. The van der Waals surface area contributed by atoms with Crippen LogP contribution in [0.1, 0.15) is 6.92 Å². The number of esters is 1. The maximum atomic E-state index is 13.3. The van der Waals surface area contributed by atoms with Crippen LogP contribution in [0.5, 0.6) is 5.75 Å². The summed E-state index contributed by atoms with van der Waals surface area (Å²) in [7, 11) is 1.26. The highest BCUT2D eigenvalue weighted by atomic mass is 35.5. The van der Waals surface area contributed by atoms with Crippen molar-refractivity contribution in [3.8, 4) is 5.75 Å². The Morgan fingerprint density at radius 2 is 1.76 bits per heavy atom. The van der Waals surface area contributed by atoms with Crippen LogP contribution in [0.3, 0.4) is 0 Å². The van der Waals surface area contributed by atoms with Gasteiger partial charge in [0.05, 0.1) is 7.11 Å². The minimum Gasteiger partial charge on any atom is -0.468 e. The molecular formula is C16H16Cl2NO4PS. The van der Waals surface area contributed by atoms with Gasteiger partial charge in [-0.25, -0.2) is 9.65 Å². The van der Waals surface area contributed by atoms with Crippen LogP contribution in [0.2, 0.25) is 10.0 Å². The van der Waals surface area contributed by atoms with E-state index in [-0.39, 0.29) is 0 Å². The first-order chi connectivity index (χ1) is 11.8. The second-order valence-electron chi connectivity index (χ2n) is 4.97. The fourth-order valence-corrected chi connectivity index (χ4v) is 6.44. The lowest BCUT2D eigenvalue weighted by Crippen LogP contribution is -2.33. The number of carbonyl (C=O) groups excluding carboxylic acids is 1.